The monoisotopic (exact) mass is 263 g/mol. The maximum Gasteiger partial charge on any atom is 0.223 e. The van der Waals surface area contributed by atoms with Crippen LogP contribution in [0.2, 0.25) is 0 Å². The lowest BCUT2D eigenvalue weighted by atomic mass is 9.91. The third-order valence-corrected chi connectivity index (χ3v) is 4.72. The molecule has 0 aliphatic heterocycles. The van der Waals surface area contributed by atoms with E-state index in [-0.39, 0.29) is 0 Å². The van der Waals surface area contributed by atoms with Gasteiger partial charge < -0.3 is 10.7 Å². The fourth-order valence-electron chi connectivity index (χ4n) is 2.55. The normalized spacial score (nSPS) is 24.5. The SMILES string of the molecule is CC1CCCC(Sc2nc(N)nc3nc[nH]c23)C1. The Labute approximate surface area is 110 Å². The van der Waals surface area contributed by atoms with Crippen molar-refractivity contribution in [2.45, 2.75) is 42.9 Å². The highest BCUT2D eigenvalue weighted by atomic mass is 32.2. The van der Waals surface area contributed by atoms with E-state index in [1.54, 1.807) is 6.33 Å². The maximum absolute atomic E-state index is 5.73. The molecule has 0 saturated heterocycles. The van der Waals surface area contributed by atoms with Crippen LogP contribution in [0.15, 0.2) is 11.4 Å². The van der Waals surface area contributed by atoms with Crippen LogP contribution in [0, 0.1) is 5.92 Å². The highest BCUT2D eigenvalue weighted by Crippen LogP contribution is 2.37. The molecule has 2 unspecified atom stereocenters. The summed E-state index contributed by atoms with van der Waals surface area (Å²) >= 11 is 1.81. The number of hydrogen-bond acceptors (Lipinski definition) is 5. The molecule has 2 heterocycles. The van der Waals surface area contributed by atoms with Gasteiger partial charge in [0.05, 0.1) is 6.33 Å². The van der Waals surface area contributed by atoms with Gasteiger partial charge in [0.25, 0.3) is 0 Å². The number of H-pyrrole nitrogens is 1. The minimum atomic E-state index is 0.306. The first-order valence-corrected chi connectivity index (χ1v) is 7.23. The summed E-state index contributed by atoms with van der Waals surface area (Å²) in [4.78, 5) is 15.7. The van der Waals surface area contributed by atoms with Crippen molar-refractivity contribution in [3.63, 3.8) is 0 Å². The first-order valence-electron chi connectivity index (χ1n) is 6.35. The van der Waals surface area contributed by atoms with Gasteiger partial charge in [-0.2, -0.15) is 4.98 Å². The van der Waals surface area contributed by atoms with E-state index >= 15 is 0 Å². The van der Waals surface area contributed by atoms with Crippen LogP contribution in [-0.2, 0) is 0 Å². The molecule has 2 atom stereocenters. The van der Waals surface area contributed by atoms with Gasteiger partial charge in [0.1, 0.15) is 10.5 Å². The molecule has 18 heavy (non-hydrogen) atoms. The Kier molecular flexibility index (Phi) is 3.11. The quantitative estimate of drug-likeness (QED) is 0.814. The van der Waals surface area contributed by atoms with E-state index in [1.165, 1.54) is 25.7 Å². The summed E-state index contributed by atoms with van der Waals surface area (Å²) in [7, 11) is 0. The molecule has 1 aliphatic rings. The molecule has 6 heteroatoms. The number of nitrogen functional groups attached to an aromatic ring is 1. The number of nitrogens with two attached hydrogens (primary N) is 1. The van der Waals surface area contributed by atoms with Gasteiger partial charge in [0.15, 0.2) is 5.65 Å². The van der Waals surface area contributed by atoms with E-state index in [0.29, 0.717) is 16.8 Å². The van der Waals surface area contributed by atoms with E-state index in [2.05, 4.69) is 26.9 Å². The molecule has 0 radical (unpaired) electrons. The van der Waals surface area contributed by atoms with Crippen molar-refractivity contribution in [1.82, 2.24) is 19.9 Å². The number of fused-ring (bicyclic) bond motifs is 1. The molecular weight excluding hydrogens is 246 g/mol. The van der Waals surface area contributed by atoms with Gasteiger partial charge in [0.2, 0.25) is 5.95 Å². The number of aromatic nitrogens is 4. The average Bonchev–Trinajstić information content (AvgIpc) is 2.77. The van der Waals surface area contributed by atoms with Crippen LogP contribution < -0.4 is 5.73 Å². The van der Waals surface area contributed by atoms with Crippen LogP contribution in [0.5, 0.6) is 0 Å². The smallest absolute Gasteiger partial charge is 0.223 e. The summed E-state index contributed by atoms with van der Waals surface area (Å²) < 4.78 is 0. The molecule has 1 aliphatic carbocycles. The second kappa shape index (κ2) is 4.76. The number of anilines is 1. The fraction of sp³-hybridized carbons (Fsp3) is 0.583. The predicted molar refractivity (Wildman–Crippen MR) is 73.4 cm³/mol. The van der Waals surface area contributed by atoms with Gasteiger partial charge in [-0.3, -0.25) is 0 Å². The Bertz CT molecular complexity index is 552. The van der Waals surface area contributed by atoms with Gasteiger partial charge >= 0.3 is 0 Å². The number of rotatable bonds is 2. The molecule has 2 aromatic heterocycles. The number of nitrogens with zero attached hydrogens (tertiary/aromatic N) is 3. The van der Waals surface area contributed by atoms with Crippen molar-refractivity contribution in [2.24, 2.45) is 5.92 Å². The molecule has 1 saturated carbocycles. The number of thioether (sulfide) groups is 1. The standard InChI is InChI=1S/C12H17N5S/c1-7-3-2-4-8(5-7)18-11-9-10(15-6-14-9)16-12(13)17-11/h6-8H,2-5H2,1H3,(H3,13,14,15,16,17). The van der Waals surface area contributed by atoms with Gasteiger partial charge in [-0.05, 0) is 18.8 Å². The molecule has 0 spiro atoms. The topological polar surface area (TPSA) is 80.5 Å². The molecule has 0 bridgehead atoms. The highest BCUT2D eigenvalue weighted by molar-refractivity contribution is 8.00. The number of hydrogen-bond donors (Lipinski definition) is 2. The number of imidazole rings is 1. The minimum absolute atomic E-state index is 0.306. The molecular formula is C12H17N5S. The van der Waals surface area contributed by atoms with E-state index in [1.807, 2.05) is 11.8 Å². The molecule has 2 aromatic rings. The van der Waals surface area contributed by atoms with Crippen LogP contribution >= 0.6 is 11.8 Å². The Morgan fingerprint density at radius 1 is 1.39 bits per heavy atom. The minimum Gasteiger partial charge on any atom is -0.368 e. The van der Waals surface area contributed by atoms with E-state index in [0.717, 1.165) is 16.5 Å². The summed E-state index contributed by atoms with van der Waals surface area (Å²) in [5.74, 6) is 1.12. The molecule has 96 valence electrons. The summed E-state index contributed by atoms with van der Waals surface area (Å²) in [6.07, 6.45) is 6.82. The largest absolute Gasteiger partial charge is 0.368 e. The molecule has 0 aromatic carbocycles. The highest BCUT2D eigenvalue weighted by Gasteiger charge is 2.22. The molecule has 0 amide bonds. The Morgan fingerprint density at radius 2 is 2.28 bits per heavy atom. The van der Waals surface area contributed by atoms with Crippen molar-refractivity contribution >= 4 is 28.9 Å². The summed E-state index contributed by atoms with van der Waals surface area (Å²) in [5, 5.41) is 1.57. The zero-order chi connectivity index (χ0) is 12.5. The average molecular weight is 263 g/mol. The van der Waals surface area contributed by atoms with Gasteiger partial charge in [-0.1, -0.05) is 19.8 Å². The molecule has 3 N–H and O–H groups in total. The molecule has 5 nitrogen and oxygen atoms in total. The van der Waals surface area contributed by atoms with Crippen molar-refractivity contribution in [3.05, 3.63) is 6.33 Å². The lowest BCUT2D eigenvalue weighted by Crippen LogP contribution is -2.15. The lowest BCUT2D eigenvalue weighted by molar-refractivity contribution is 0.394. The van der Waals surface area contributed by atoms with Crippen molar-refractivity contribution in [2.75, 3.05) is 5.73 Å². The van der Waals surface area contributed by atoms with Gasteiger partial charge in [-0.15, -0.1) is 11.8 Å². The second-order valence-corrected chi connectivity index (χ2v) is 6.29. The first kappa shape index (κ1) is 11.8. The van der Waals surface area contributed by atoms with Crippen LogP contribution in [0.25, 0.3) is 11.2 Å². The van der Waals surface area contributed by atoms with Gasteiger partial charge in [0, 0.05) is 5.25 Å². The van der Waals surface area contributed by atoms with Crippen LogP contribution in [0.4, 0.5) is 5.95 Å². The number of nitrogens with one attached hydrogen (secondary N) is 1. The second-order valence-electron chi connectivity index (χ2n) is 5.00. The Morgan fingerprint density at radius 3 is 3.11 bits per heavy atom. The van der Waals surface area contributed by atoms with E-state index < -0.39 is 0 Å². The predicted octanol–water partition coefficient (Wildman–Crippen LogP) is 2.61. The van der Waals surface area contributed by atoms with Gasteiger partial charge in [-0.25, -0.2) is 9.97 Å². The third-order valence-electron chi connectivity index (χ3n) is 3.44. The summed E-state index contributed by atoms with van der Waals surface area (Å²) in [6.45, 7) is 2.33. The van der Waals surface area contributed by atoms with Crippen LogP contribution in [0.3, 0.4) is 0 Å². The van der Waals surface area contributed by atoms with Crippen molar-refractivity contribution in [1.29, 1.82) is 0 Å². The fourth-order valence-corrected chi connectivity index (χ4v) is 3.99. The first-order chi connectivity index (χ1) is 8.72. The summed E-state index contributed by atoms with van der Waals surface area (Å²) in [5.41, 5.74) is 7.30. The number of aromatic amines is 1. The van der Waals surface area contributed by atoms with Crippen LogP contribution in [0.1, 0.15) is 32.6 Å². The zero-order valence-electron chi connectivity index (χ0n) is 10.4. The molecule has 1 fully saturated rings. The van der Waals surface area contributed by atoms with Crippen molar-refractivity contribution < 1.29 is 0 Å². The molecule has 3 rings (SSSR count). The Balaban J connectivity index is 1.87. The summed E-state index contributed by atoms with van der Waals surface area (Å²) in [6, 6.07) is 0. The zero-order valence-corrected chi connectivity index (χ0v) is 11.2. The van der Waals surface area contributed by atoms with E-state index in [9.17, 15) is 0 Å². The van der Waals surface area contributed by atoms with Crippen LogP contribution in [-0.4, -0.2) is 25.2 Å². The Hall–Kier alpha value is -1.30. The van der Waals surface area contributed by atoms with Crippen molar-refractivity contribution in [3.8, 4) is 0 Å². The lowest BCUT2D eigenvalue weighted by Gasteiger charge is -2.25. The maximum atomic E-state index is 5.73. The van der Waals surface area contributed by atoms with E-state index in [4.69, 9.17) is 5.73 Å². The third kappa shape index (κ3) is 2.29.